The van der Waals surface area contributed by atoms with Crippen LogP contribution >= 0.6 is 0 Å². The minimum Gasteiger partial charge on any atom is -0.507 e. The second-order valence-corrected chi connectivity index (χ2v) is 4.39. The Morgan fingerprint density at radius 1 is 0.900 bits per heavy atom. The molecule has 6 nitrogen and oxygen atoms in total. The molecule has 0 radical (unpaired) electrons. The lowest BCUT2D eigenvalue weighted by atomic mass is 10.1. The molecule has 114 valence electrons. The van der Waals surface area contributed by atoms with Crippen LogP contribution in [0, 0.1) is 6.92 Å². The van der Waals surface area contributed by atoms with E-state index >= 15 is 0 Å². The third kappa shape index (κ3) is 3.26. The highest BCUT2D eigenvalue weighted by Crippen LogP contribution is 2.46. The zero-order chi connectivity index (χ0) is 15.3. The largest absolute Gasteiger partial charge is 0.507 e. The highest BCUT2D eigenvalue weighted by molar-refractivity contribution is 5.63. The second-order valence-electron chi connectivity index (χ2n) is 4.39. The number of hydrogen-bond acceptors (Lipinski definition) is 6. The van der Waals surface area contributed by atoms with Gasteiger partial charge in [-0.3, -0.25) is 4.90 Å². The fraction of sp³-hybridized carbons (Fsp3) is 0.571. The van der Waals surface area contributed by atoms with Crippen molar-refractivity contribution in [3.05, 3.63) is 11.1 Å². The predicted molar refractivity (Wildman–Crippen MR) is 75.3 cm³/mol. The Bertz CT molecular complexity index is 426. The van der Waals surface area contributed by atoms with Gasteiger partial charge in [0.25, 0.3) is 0 Å². The molecule has 0 unspecified atom stereocenters. The first-order valence-corrected chi connectivity index (χ1v) is 6.77. The van der Waals surface area contributed by atoms with Crippen LogP contribution < -0.4 is 0 Å². The Hall–Kier alpha value is -1.66. The van der Waals surface area contributed by atoms with Crippen molar-refractivity contribution in [2.75, 3.05) is 26.3 Å². The van der Waals surface area contributed by atoms with Crippen molar-refractivity contribution >= 4 is 0 Å². The summed E-state index contributed by atoms with van der Waals surface area (Å²) in [5.41, 5.74) is 0.387. The van der Waals surface area contributed by atoms with Crippen LogP contribution in [-0.2, 0) is 11.3 Å². The van der Waals surface area contributed by atoms with Gasteiger partial charge >= 0.3 is 0 Å². The molecule has 0 bridgehead atoms. The quantitative estimate of drug-likeness (QED) is 0.488. The van der Waals surface area contributed by atoms with E-state index in [-0.39, 0.29) is 16.9 Å². The van der Waals surface area contributed by atoms with Gasteiger partial charge in [-0.2, -0.15) is 0 Å². The van der Waals surface area contributed by atoms with Crippen molar-refractivity contribution in [2.24, 2.45) is 0 Å². The highest BCUT2D eigenvalue weighted by Gasteiger charge is 2.23. The van der Waals surface area contributed by atoms with E-state index in [2.05, 4.69) is 0 Å². The van der Waals surface area contributed by atoms with E-state index in [1.54, 1.807) is 0 Å². The molecule has 0 spiro atoms. The summed E-state index contributed by atoms with van der Waals surface area (Å²) in [6.07, 6.45) is 0. The molecule has 6 heteroatoms. The molecule has 1 aliphatic rings. The average molecular weight is 285 g/mol. The molecule has 4 N–H and O–H groups in total. The molecule has 1 aromatic carbocycles. The number of hydrogen-bond donors (Lipinski definition) is 4. The fourth-order valence-electron chi connectivity index (χ4n) is 2.02. The van der Waals surface area contributed by atoms with Gasteiger partial charge in [0.1, 0.15) is 5.75 Å². The summed E-state index contributed by atoms with van der Waals surface area (Å²) in [5, 5.41) is 38.8. The third-order valence-corrected chi connectivity index (χ3v) is 3.22. The van der Waals surface area contributed by atoms with Crippen molar-refractivity contribution in [3.63, 3.8) is 0 Å². The SMILES string of the molecule is CC.Cc1c(O)c(O)c(O)c(CN2CCOCC2)c1O. The van der Waals surface area contributed by atoms with Crippen molar-refractivity contribution in [1.82, 2.24) is 4.90 Å². The highest BCUT2D eigenvalue weighted by atomic mass is 16.5. The number of phenols is 4. The number of aromatic hydroxyl groups is 4. The average Bonchev–Trinajstić information content (AvgIpc) is 2.51. The second kappa shape index (κ2) is 7.21. The van der Waals surface area contributed by atoms with Crippen LogP contribution in [0.25, 0.3) is 0 Å². The summed E-state index contributed by atoms with van der Waals surface area (Å²) in [6.45, 7) is 8.37. The van der Waals surface area contributed by atoms with Gasteiger partial charge in [0.15, 0.2) is 11.5 Å². The van der Waals surface area contributed by atoms with Crippen LogP contribution in [0.3, 0.4) is 0 Å². The molecule has 1 saturated heterocycles. The van der Waals surface area contributed by atoms with Gasteiger partial charge in [0.2, 0.25) is 5.75 Å². The first-order valence-electron chi connectivity index (χ1n) is 6.77. The molecule has 1 aliphatic heterocycles. The van der Waals surface area contributed by atoms with E-state index in [0.717, 1.165) is 0 Å². The molecular formula is C14H23NO5. The Labute approximate surface area is 118 Å². The van der Waals surface area contributed by atoms with Gasteiger partial charge in [-0.05, 0) is 6.92 Å². The van der Waals surface area contributed by atoms with Crippen LogP contribution in [0.15, 0.2) is 0 Å². The van der Waals surface area contributed by atoms with Crippen LogP contribution in [0.2, 0.25) is 0 Å². The number of rotatable bonds is 2. The molecule has 0 amide bonds. The van der Waals surface area contributed by atoms with E-state index in [0.29, 0.717) is 32.8 Å². The van der Waals surface area contributed by atoms with Crippen molar-refractivity contribution in [3.8, 4) is 23.0 Å². The summed E-state index contributed by atoms with van der Waals surface area (Å²) >= 11 is 0. The standard InChI is InChI=1S/C12H17NO5.C2H6/c1-7-9(14)8(11(16)12(17)10(7)15)6-13-2-4-18-5-3-13;1-2/h14-17H,2-6H2,1H3;1-2H3. The summed E-state index contributed by atoms with van der Waals surface area (Å²) in [7, 11) is 0. The molecule has 1 fully saturated rings. The van der Waals surface area contributed by atoms with Gasteiger partial charge in [-0.25, -0.2) is 0 Å². The number of phenolic OH excluding ortho intramolecular Hbond substituents is 4. The minimum absolute atomic E-state index is 0.161. The maximum absolute atomic E-state index is 9.93. The van der Waals surface area contributed by atoms with Gasteiger partial charge in [-0.1, -0.05) is 13.8 Å². The van der Waals surface area contributed by atoms with Gasteiger partial charge in [-0.15, -0.1) is 0 Å². The Morgan fingerprint density at radius 2 is 1.45 bits per heavy atom. The van der Waals surface area contributed by atoms with Gasteiger partial charge < -0.3 is 25.2 Å². The first kappa shape index (κ1) is 16.4. The number of nitrogens with zero attached hydrogens (tertiary/aromatic N) is 1. The van der Waals surface area contributed by atoms with Crippen LogP contribution in [0.5, 0.6) is 23.0 Å². The Balaban J connectivity index is 0.000000956. The lowest BCUT2D eigenvalue weighted by molar-refractivity contribution is 0.0335. The van der Waals surface area contributed by atoms with Crippen LogP contribution in [0.1, 0.15) is 25.0 Å². The van der Waals surface area contributed by atoms with Crippen molar-refractivity contribution in [2.45, 2.75) is 27.3 Å². The minimum atomic E-state index is -0.589. The summed E-state index contributed by atoms with van der Waals surface area (Å²) in [4.78, 5) is 1.99. The zero-order valence-electron chi connectivity index (χ0n) is 12.2. The first-order chi connectivity index (χ1) is 9.52. The van der Waals surface area contributed by atoms with Gasteiger partial charge in [0.05, 0.1) is 18.8 Å². The summed E-state index contributed by atoms with van der Waals surface area (Å²) in [6, 6.07) is 0. The summed E-state index contributed by atoms with van der Waals surface area (Å²) < 4.78 is 5.21. The molecule has 0 aromatic heterocycles. The number of ether oxygens (including phenoxy) is 1. The smallest absolute Gasteiger partial charge is 0.201 e. The zero-order valence-corrected chi connectivity index (χ0v) is 12.2. The van der Waals surface area contributed by atoms with Crippen molar-refractivity contribution in [1.29, 1.82) is 0 Å². The molecule has 2 rings (SSSR count). The lowest BCUT2D eigenvalue weighted by Crippen LogP contribution is -2.35. The molecule has 20 heavy (non-hydrogen) atoms. The topological polar surface area (TPSA) is 93.4 Å². The third-order valence-electron chi connectivity index (χ3n) is 3.22. The Kier molecular flexibility index (Phi) is 5.91. The lowest BCUT2D eigenvalue weighted by Gasteiger charge is -2.27. The molecule has 1 heterocycles. The van der Waals surface area contributed by atoms with E-state index in [9.17, 15) is 20.4 Å². The molecule has 1 aromatic rings. The number of morpholine rings is 1. The maximum Gasteiger partial charge on any atom is 0.201 e. The normalized spacial score (nSPS) is 15.6. The summed E-state index contributed by atoms with van der Waals surface area (Å²) in [5.74, 6) is -1.74. The Morgan fingerprint density at radius 3 is 2.00 bits per heavy atom. The number of benzene rings is 1. The predicted octanol–water partition coefficient (Wildman–Crippen LogP) is 1.68. The molecular weight excluding hydrogens is 262 g/mol. The fourth-order valence-corrected chi connectivity index (χ4v) is 2.02. The van der Waals surface area contributed by atoms with Crippen LogP contribution in [-0.4, -0.2) is 51.6 Å². The van der Waals surface area contributed by atoms with E-state index in [4.69, 9.17) is 4.74 Å². The maximum atomic E-state index is 9.93. The van der Waals surface area contributed by atoms with E-state index in [1.165, 1.54) is 6.92 Å². The van der Waals surface area contributed by atoms with Crippen molar-refractivity contribution < 1.29 is 25.2 Å². The van der Waals surface area contributed by atoms with E-state index in [1.807, 2.05) is 18.7 Å². The van der Waals surface area contributed by atoms with Gasteiger partial charge in [0, 0.05) is 25.2 Å². The van der Waals surface area contributed by atoms with E-state index < -0.39 is 17.2 Å². The molecule has 0 saturated carbocycles. The van der Waals surface area contributed by atoms with Crippen LogP contribution in [0.4, 0.5) is 0 Å². The monoisotopic (exact) mass is 285 g/mol. The molecule has 0 aliphatic carbocycles. The molecule has 0 atom stereocenters.